The van der Waals surface area contributed by atoms with Crippen molar-refractivity contribution >= 4 is 0 Å². The quantitative estimate of drug-likeness (QED) is 0.750. The van der Waals surface area contributed by atoms with Crippen LogP contribution in [0.25, 0.3) is 0 Å². The van der Waals surface area contributed by atoms with E-state index in [0.29, 0.717) is 17.8 Å². The van der Waals surface area contributed by atoms with Gasteiger partial charge < -0.3 is 5.11 Å². The lowest BCUT2D eigenvalue weighted by molar-refractivity contribution is 0.0159. The first kappa shape index (κ1) is 13.0. The summed E-state index contributed by atoms with van der Waals surface area (Å²) < 4.78 is 0. The van der Waals surface area contributed by atoms with Gasteiger partial charge in [-0.15, -0.1) is 0 Å². The predicted molar refractivity (Wildman–Crippen MR) is 65.7 cm³/mol. The van der Waals surface area contributed by atoms with Crippen LogP contribution >= 0.6 is 0 Å². The third-order valence-electron chi connectivity index (χ3n) is 4.54. The summed E-state index contributed by atoms with van der Waals surface area (Å²) in [6, 6.07) is 0. The minimum Gasteiger partial charge on any atom is -0.393 e. The van der Waals surface area contributed by atoms with Gasteiger partial charge in [0.15, 0.2) is 0 Å². The molecule has 1 N–H and O–H groups in total. The van der Waals surface area contributed by atoms with Crippen LogP contribution in [0.3, 0.4) is 0 Å². The number of aliphatic hydroxyl groups is 1. The van der Waals surface area contributed by atoms with Crippen molar-refractivity contribution in [3.05, 3.63) is 0 Å². The predicted octanol–water partition coefficient (Wildman–Crippen LogP) is 3.86. The van der Waals surface area contributed by atoms with Crippen LogP contribution in [0.1, 0.15) is 59.8 Å². The molecule has 0 aromatic carbocycles. The van der Waals surface area contributed by atoms with Crippen LogP contribution in [0.2, 0.25) is 0 Å². The van der Waals surface area contributed by atoms with Crippen LogP contribution in [-0.2, 0) is 0 Å². The van der Waals surface area contributed by atoms with Gasteiger partial charge in [-0.05, 0) is 36.5 Å². The summed E-state index contributed by atoms with van der Waals surface area (Å²) >= 11 is 0. The topological polar surface area (TPSA) is 20.2 Å². The normalized spacial score (nSPS) is 31.6. The molecule has 1 saturated carbocycles. The lowest BCUT2D eigenvalue weighted by atomic mass is 9.74. The molecular weight excluding hydrogens is 184 g/mol. The molecule has 0 aliphatic heterocycles. The first-order chi connectivity index (χ1) is 7.06. The van der Waals surface area contributed by atoms with Gasteiger partial charge in [0.05, 0.1) is 6.10 Å². The van der Waals surface area contributed by atoms with Gasteiger partial charge >= 0.3 is 0 Å². The molecule has 1 aliphatic carbocycles. The molecular formula is C14H28O. The Labute approximate surface area is 95.3 Å². The van der Waals surface area contributed by atoms with Crippen LogP contribution in [-0.4, -0.2) is 11.2 Å². The number of rotatable bonds is 4. The maximum absolute atomic E-state index is 10.3. The van der Waals surface area contributed by atoms with Crippen molar-refractivity contribution in [3.8, 4) is 0 Å². The fourth-order valence-electron chi connectivity index (χ4n) is 2.76. The molecule has 0 spiro atoms. The van der Waals surface area contributed by atoms with Gasteiger partial charge in [-0.25, -0.2) is 0 Å². The Balaban J connectivity index is 2.39. The molecule has 1 nitrogen and oxygen atoms in total. The van der Waals surface area contributed by atoms with Gasteiger partial charge in [-0.3, -0.25) is 0 Å². The second-order valence-corrected chi connectivity index (χ2v) is 5.78. The largest absolute Gasteiger partial charge is 0.393 e. The zero-order valence-electron chi connectivity index (χ0n) is 10.9. The van der Waals surface area contributed by atoms with Crippen molar-refractivity contribution in [2.45, 2.75) is 65.9 Å². The van der Waals surface area contributed by atoms with Crippen LogP contribution in [0, 0.1) is 23.7 Å². The van der Waals surface area contributed by atoms with Gasteiger partial charge in [-0.2, -0.15) is 0 Å². The van der Waals surface area contributed by atoms with Gasteiger partial charge in [0.2, 0.25) is 0 Å². The first-order valence-electron chi connectivity index (χ1n) is 6.74. The third kappa shape index (κ3) is 3.48. The molecule has 1 aliphatic rings. The second-order valence-electron chi connectivity index (χ2n) is 5.78. The van der Waals surface area contributed by atoms with Gasteiger partial charge in [-0.1, -0.05) is 47.0 Å². The van der Waals surface area contributed by atoms with E-state index in [4.69, 9.17) is 0 Å². The maximum atomic E-state index is 10.3. The Morgan fingerprint density at radius 1 is 1.07 bits per heavy atom. The number of aliphatic hydroxyl groups excluding tert-OH is 1. The molecule has 0 aromatic rings. The molecule has 90 valence electrons. The molecule has 2 atom stereocenters. The monoisotopic (exact) mass is 212 g/mol. The molecule has 0 heterocycles. The Kier molecular flexibility index (Phi) is 5.11. The lowest BCUT2D eigenvalue weighted by Crippen LogP contribution is -2.33. The van der Waals surface area contributed by atoms with Crippen LogP contribution in [0.15, 0.2) is 0 Å². The SMILES string of the molecule is CCC1CCC(C(O)C(C)C(C)C)CC1. The van der Waals surface area contributed by atoms with Gasteiger partial charge in [0.1, 0.15) is 0 Å². The maximum Gasteiger partial charge on any atom is 0.0596 e. The van der Waals surface area contributed by atoms with Crippen molar-refractivity contribution in [1.29, 1.82) is 0 Å². The summed E-state index contributed by atoms with van der Waals surface area (Å²) in [5, 5.41) is 10.3. The average molecular weight is 212 g/mol. The molecule has 1 heteroatoms. The lowest BCUT2D eigenvalue weighted by Gasteiger charge is -2.35. The summed E-state index contributed by atoms with van der Waals surface area (Å²) in [4.78, 5) is 0. The van der Waals surface area contributed by atoms with E-state index in [9.17, 15) is 5.11 Å². The molecule has 0 amide bonds. The van der Waals surface area contributed by atoms with Crippen LogP contribution in [0.5, 0.6) is 0 Å². The number of hydrogen-bond acceptors (Lipinski definition) is 1. The average Bonchev–Trinajstić information content (AvgIpc) is 2.27. The van der Waals surface area contributed by atoms with E-state index >= 15 is 0 Å². The van der Waals surface area contributed by atoms with Crippen molar-refractivity contribution in [2.75, 3.05) is 0 Å². The van der Waals surface area contributed by atoms with E-state index in [1.165, 1.54) is 32.1 Å². The fraction of sp³-hybridized carbons (Fsp3) is 1.00. The molecule has 0 bridgehead atoms. The van der Waals surface area contributed by atoms with Crippen molar-refractivity contribution in [2.24, 2.45) is 23.7 Å². The highest BCUT2D eigenvalue weighted by Gasteiger charge is 2.29. The Hall–Kier alpha value is -0.0400. The minimum absolute atomic E-state index is 0.0668. The molecule has 1 fully saturated rings. The van der Waals surface area contributed by atoms with E-state index in [2.05, 4.69) is 27.7 Å². The molecule has 2 unspecified atom stereocenters. The van der Waals surface area contributed by atoms with E-state index in [1.807, 2.05) is 0 Å². The van der Waals surface area contributed by atoms with E-state index in [1.54, 1.807) is 0 Å². The smallest absolute Gasteiger partial charge is 0.0596 e. The highest BCUT2D eigenvalue weighted by molar-refractivity contribution is 4.80. The zero-order valence-corrected chi connectivity index (χ0v) is 10.9. The molecule has 0 radical (unpaired) electrons. The zero-order chi connectivity index (χ0) is 11.4. The van der Waals surface area contributed by atoms with Crippen molar-refractivity contribution < 1.29 is 5.11 Å². The van der Waals surface area contributed by atoms with Gasteiger partial charge in [0.25, 0.3) is 0 Å². The highest BCUT2D eigenvalue weighted by Crippen LogP contribution is 2.35. The van der Waals surface area contributed by atoms with Crippen molar-refractivity contribution in [3.63, 3.8) is 0 Å². The van der Waals surface area contributed by atoms with Crippen molar-refractivity contribution in [1.82, 2.24) is 0 Å². The first-order valence-corrected chi connectivity index (χ1v) is 6.74. The van der Waals surface area contributed by atoms with Gasteiger partial charge in [0, 0.05) is 0 Å². The highest BCUT2D eigenvalue weighted by atomic mass is 16.3. The van der Waals surface area contributed by atoms with E-state index in [-0.39, 0.29) is 6.10 Å². The number of hydrogen-bond donors (Lipinski definition) is 1. The molecule has 0 aromatic heterocycles. The summed E-state index contributed by atoms with van der Waals surface area (Å²) in [5.74, 6) is 2.56. The van der Waals surface area contributed by atoms with Crippen LogP contribution in [0.4, 0.5) is 0 Å². The standard InChI is InChI=1S/C14H28O/c1-5-12-6-8-13(9-7-12)14(15)11(4)10(2)3/h10-15H,5-9H2,1-4H3. The Morgan fingerprint density at radius 3 is 2.00 bits per heavy atom. The third-order valence-corrected chi connectivity index (χ3v) is 4.54. The summed E-state index contributed by atoms with van der Waals surface area (Å²) in [7, 11) is 0. The minimum atomic E-state index is -0.0668. The Bertz CT molecular complexity index is 168. The van der Waals surface area contributed by atoms with E-state index < -0.39 is 0 Å². The summed E-state index contributed by atoms with van der Waals surface area (Å²) in [5.41, 5.74) is 0. The van der Waals surface area contributed by atoms with Crippen LogP contribution < -0.4 is 0 Å². The van der Waals surface area contributed by atoms with E-state index in [0.717, 1.165) is 5.92 Å². The molecule has 15 heavy (non-hydrogen) atoms. The molecule has 0 saturated heterocycles. The second kappa shape index (κ2) is 5.89. The fourth-order valence-corrected chi connectivity index (χ4v) is 2.76. The Morgan fingerprint density at radius 2 is 1.60 bits per heavy atom. The summed E-state index contributed by atoms with van der Waals surface area (Å²) in [6.45, 7) is 8.91. The summed E-state index contributed by atoms with van der Waals surface area (Å²) in [6.07, 6.45) is 6.42. The molecule has 1 rings (SSSR count).